The second kappa shape index (κ2) is 7.89. The highest BCUT2D eigenvalue weighted by Gasteiger charge is 2.15. The molecule has 5 nitrogen and oxygen atoms in total. The van der Waals surface area contributed by atoms with E-state index in [0.29, 0.717) is 4.47 Å². The summed E-state index contributed by atoms with van der Waals surface area (Å²) in [7, 11) is -3.77. The number of benzene rings is 3. The van der Waals surface area contributed by atoms with E-state index in [0.717, 1.165) is 0 Å². The normalized spacial score (nSPS) is 11.0. The van der Waals surface area contributed by atoms with Crippen LogP contribution in [0.1, 0.15) is 10.4 Å². The van der Waals surface area contributed by atoms with Gasteiger partial charge >= 0.3 is 0 Å². The lowest BCUT2D eigenvalue weighted by molar-refractivity contribution is 0.102. The number of rotatable bonds is 5. The summed E-state index contributed by atoms with van der Waals surface area (Å²) >= 11 is 3.15. The number of hydrogen-bond donors (Lipinski definition) is 2. The van der Waals surface area contributed by atoms with Gasteiger partial charge in [0.05, 0.1) is 10.6 Å². The summed E-state index contributed by atoms with van der Waals surface area (Å²) in [6, 6.07) is 18.1. The Morgan fingerprint density at radius 1 is 0.926 bits per heavy atom. The summed E-state index contributed by atoms with van der Waals surface area (Å²) in [4.78, 5) is 12.5. The van der Waals surface area contributed by atoms with Crippen LogP contribution in [0.3, 0.4) is 0 Å². The van der Waals surface area contributed by atoms with E-state index in [4.69, 9.17) is 0 Å². The maximum Gasteiger partial charge on any atom is 0.261 e. The van der Waals surface area contributed by atoms with Gasteiger partial charge in [0.15, 0.2) is 0 Å². The van der Waals surface area contributed by atoms with Gasteiger partial charge in [0.2, 0.25) is 0 Å². The molecule has 8 heteroatoms. The van der Waals surface area contributed by atoms with Crippen LogP contribution >= 0.6 is 15.9 Å². The predicted octanol–water partition coefficient (Wildman–Crippen LogP) is 4.64. The molecule has 0 unspecified atom stereocenters. The fourth-order valence-electron chi connectivity index (χ4n) is 2.32. The van der Waals surface area contributed by atoms with Crippen molar-refractivity contribution in [3.05, 3.63) is 88.6 Å². The molecule has 3 rings (SSSR count). The first kappa shape index (κ1) is 19.1. The van der Waals surface area contributed by atoms with Crippen LogP contribution in [0.25, 0.3) is 0 Å². The van der Waals surface area contributed by atoms with E-state index in [-0.39, 0.29) is 21.8 Å². The Bertz CT molecular complexity index is 1090. The Balaban J connectivity index is 1.80. The van der Waals surface area contributed by atoms with Gasteiger partial charge in [-0.2, -0.15) is 0 Å². The van der Waals surface area contributed by atoms with Crippen molar-refractivity contribution in [1.29, 1.82) is 0 Å². The highest BCUT2D eigenvalue weighted by Crippen LogP contribution is 2.21. The number of amides is 1. The van der Waals surface area contributed by atoms with E-state index in [1.54, 1.807) is 24.3 Å². The second-order valence-corrected chi connectivity index (χ2v) is 8.18. The number of hydrogen-bond acceptors (Lipinski definition) is 3. The standard InChI is InChI=1S/C19H14BrFN2O3S/c20-14-9-10-18(17(21)12-14)22-19(24)13-5-4-6-15(11-13)23-27(25,26)16-7-2-1-3-8-16/h1-12,23H,(H,22,24). The Morgan fingerprint density at radius 3 is 2.37 bits per heavy atom. The zero-order chi connectivity index (χ0) is 19.4. The van der Waals surface area contributed by atoms with Crippen LogP contribution in [0, 0.1) is 5.82 Å². The minimum Gasteiger partial charge on any atom is -0.319 e. The fourth-order valence-corrected chi connectivity index (χ4v) is 3.73. The first-order valence-electron chi connectivity index (χ1n) is 7.79. The van der Waals surface area contributed by atoms with Crippen molar-refractivity contribution in [3.8, 4) is 0 Å². The van der Waals surface area contributed by atoms with Gasteiger partial charge in [-0.05, 0) is 48.5 Å². The molecular formula is C19H14BrFN2O3S. The van der Waals surface area contributed by atoms with Gasteiger partial charge in [0.1, 0.15) is 5.82 Å². The molecule has 0 aliphatic rings. The van der Waals surface area contributed by atoms with Crippen molar-refractivity contribution in [2.75, 3.05) is 10.0 Å². The Kier molecular flexibility index (Phi) is 5.57. The van der Waals surface area contributed by atoms with E-state index in [1.807, 2.05) is 0 Å². The number of carbonyl (C=O) groups is 1. The summed E-state index contributed by atoms with van der Waals surface area (Å²) in [6.45, 7) is 0. The molecule has 2 N–H and O–H groups in total. The molecule has 138 valence electrons. The number of sulfonamides is 1. The van der Waals surface area contributed by atoms with Gasteiger partial charge in [-0.1, -0.05) is 40.2 Å². The first-order valence-corrected chi connectivity index (χ1v) is 10.1. The van der Waals surface area contributed by atoms with E-state index < -0.39 is 21.7 Å². The third kappa shape index (κ3) is 4.72. The molecule has 0 aromatic heterocycles. The lowest BCUT2D eigenvalue weighted by atomic mass is 10.2. The van der Waals surface area contributed by atoms with E-state index in [9.17, 15) is 17.6 Å². The number of halogens is 2. The fraction of sp³-hybridized carbons (Fsp3) is 0. The number of nitrogens with one attached hydrogen (secondary N) is 2. The lowest BCUT2D eigenvalue weighted by Crippen LogP contribution is -2.15. The molecule has 0 bridgehead atoms. The van der Waals surface area contributed by atoms with Crippen LogP contribution < -0.4 is 10.0 Å². The van der Waals surface area contributed by atoms with Gasteiger partial charge in [-0.3, -0.25) is 9.52 Å². The summed E-state index contributed by atoms with van der Waals surface area (Å²) in [6.07, 6.45) is 0. The maximum atomic E-state index is 13.9. The molecule has 0 atom stereocenters. The van der Waals surface area contributed by atoms with Crippen molar-refractivity contribution in [1.82, 2.24) is 0 Å². The molecular weight excluding hydrogens is 435 g/mol. The quantitative estimate of drug-likeness (QED) is 0.596. The molecule has 0 saturated heterocycles. The third-order valence-electron chi connectivity index (χ3n) is 3.61. The zero-order valence-electron chi connectivity index (χ0n) is 13.8. The monoisotopic (exact) mass is 448 g/mol. The van der Waals surface area contributed by atoms with Crippen LogP contribution in [0.4, 0.5) is 15.8 Å². The van der Waals surface area contributed by atoms with Gasteiger partial charge in [-0.15, -0.1) is 0 Å². The van der Waals surface area contributed by atoms with Gasteiger partial charge in [0.25, 0.3) is 15.9 Å². The van der Waals surface area contributed by atoms with Crippen LogP contribution in [0.5, 0.6) is 0 Å². The van der Waals surface area contributed by atoms with Crippen molar-refractivity contribution < 1.29 is 17.6 Å². The molecule has 0 fully saturated rings. The van der Waals surface area contributed by atoms with E-state index in [1.165, 1.54) is 48.5 Å². The summed E-state index contributed by atoms with van der Waals surface area (Å²) in [5.74, 6) is -1.14. The molecule has 3 aromatic rings. The zero-order valence-corrected chi connectivity index (χ0v) is 16.2. The highest BCUT2D eigenvalue weighted by molar-refractivity contribution is 9.10. The average Bonchev–Trinajstić information content (AvgIpc) is 2.64. The number of anilines is 2. The van der Waals surface area contributed by atoms with Gasteiger partial charge in [-0.25, -0.2) is 12.8 Å². The molecule has 0 saturated carbocycles. The molecule has 0 radical (unpaired) electrons. The molecule has 1 amide bonds. The van der Waals surface area contributed by atoms with Crippen LogP contribution in [-0.2, 0) is 10.0 Å². The average molecular weight is 449 g/mol. The maximum absolute atomic E-state index is 13.9. The van der Waals surface area contributed by atoms with Crippen molar-refractivity contribution in [2.45, 2.75) is 4.90 Å². The molecule has 27 heavy (non-hydrogen) atoms. The molecule has 3 aromatic carbocycles. The topological polar surface area (TPSA) is 75.3 Å². The smallest absolute Gasteiger partial charge is 0.261 e. The number of carbonyl (C=O) groups excluding carboxylic acids is 1. The first-order chi connectivity index (χ1) is 12.8. The Morgan fingerprint density at radius 2 is 1.67 bits per heavy atom. The lowest BCUT2D eigenvalue weighted by Gasteiger charge is -2.10. The second-order valence-electron chi connectivity index (χ2n) is 5.58. The summed E-state index contributed by atoms with van der Waals surface area (Å²) in [5.41, 5.74) is 0.437. The van der Waals surface area contributed by atoms with Crippen molar-refractivity contribution in [3.63, 3.8) is 0 Å². The van der Waals surface area contributed by atoms with Crippen LogP contribution in [0.2, 0.25) is 0 Å². The third-order valence-corrected chi connectivity index (χ3v) is 5.50. The van der Waals surface area contributed by atoms with Crippen LogP contribution in [0.15, 0.2) is 82.2 Å². The summed E-state index contributed by atoms with van der Waals surface area (Å²) < 4.78 is 41.6. The SMILES string of the molecule is O=C(Nc1ccc(Br)cc1F)c1cccc(NS(=O)(=O)c2ccccc2)c1. The minimum atomic E-state index is -3.77. The molecule has 0 spiro atoms. The largest absolute Gasteiger partial charge is 0.319 e. The minimum absolute atomic E-state index is 0.0264. The van der Waals surface area contributed by atoms with Crippen molar-refractivity contribution >= 4 is 43.2 Å². The van der Waals surface area contributed by atoms with E-state index in [2.05, 4.69) is 26.0 Å². The van der Waals surface area contributed by atoms with E-state index >= 15 is 0 Å². The molecule has 0 aliphatic heterocycles. The van der Waals surface area contributed by atoms with Crippen molar-refractivity contribution in [2.24, 2.45) is 0 Å². The molecule has 0 aliphatic carbocycles. The highest BCUT2D eigenvalue weighted by atomic mass is 79.9. The predicted molar refractivity (Wildman–Crippen MR) is 106 cm³/mol. The van der Waals surface area contributed by atoms with Gasteiger partial charge < -0.3 is 5.32 Å². The molecule has 0 heterocycles. The summed E-state index contributed by atoms with van der Waals surface area (Å²) in [5, 5.41) is 2.46. The Labute approximate surface area is 164 Å². The van der Waals surface area contributed by atoms with Crippen LogP contribution in [-0.4, -0.2) is 14.3 Å². The van der Waals surface area contributed by atoms with Gasteiger partial charge in [0, 0.05) is 15.7 Å². The Hall–Kier alpha value is -2.71.